The molecule has 1 aliphatic rings. The Morgan fingerprint density at radius 3 is 2.79 bits per heavy atom. The van der Waals surface area contributed by atoms with Crippen LogP contribution in [0.1, 0.15) is 43.3 Å². The van der Waals surface area contributed by atoms with E-state index < -0.39 is 0 Å². The van der Waals surface area contributed by atoms with Gasteiger partial charge >= 0.3 is 5.97 Å². The summed E-state index contributed by atoms with van der Waals surface area (Å²) in [5.41, 5.74) is 1.09. The quantitative estimate of drug-likeness (QED) is 0.844. The van der Waals surface area contributed by atoms with Gasteiger partial charge in [0.2, 0.25) is 0 Å². The number of thiazole rings is 1. The van der Waals surface area contributed by atoms with Crippen LogP contribution in [0.5, 0.6) is 0 Å². The van der Waals surface area contributed by atoms with E-state index in [0.717, 1.165) is 42.9 Å². The zero-order valence-electron chi connectivity index (χ0n) is 11.6. The molecule has 1 N–H and O–H groups in total. The molecule has 0 unspecified atom stereocenters. The number of ether oxygens (including phenoxy) is 1. The number of rotatable bonds is 5. The molecule has 0 amide bonds. The monoisotopic (exact) mass is 282 g/mol. The van der Waals surface area contributed by atoms with Crippen molar-refractivity contribution in [2.75, 3.05) is 6.61 Å². The Morgan fingerprint density at radius 1 is 1.47 bits per heavy atom. The molecule has 1 aliphatic carbocycles. The molecule has 4 nitrogen and oxygen atoms in total. The predicted octanol–water partition coefficient (Wildman–Crippen LogP) is 2.66. The van der Waals surface area contributed by atoms with Gasteiger partial charge in [-0.1, -0.05) is 0 Å². The van der Waals surface area contributed by atoms with E-state index in [1.807, 2.05) is 13.8 Å². The predicted molar refractivity (Wildman–Crippen MR) is 76.1 cm³/mol. The molecule has 0 aromatic carbocycles. The fraction of sp³-hybridized carbons (Fsp3) is 0.714. The van der Waals surface area contributed by atoms with Gasteiger partial charge in [0.25, 0.3) is 0 Å². The van der Waals surface area contributed by atoms with Crippen molar-refractivity contribution < 1.29 is 9.53 Å². The summed E-state index contributed by atoms with van der Waals surface area (Å²) in [5, 5.41) is 6.76. The van der Waals surface area contributed by atoms with Crippen molar-refractivity contribution in [2.45, 2.75) is 52.1 Å². The highest BCUT2D eigenvalue weighted by molar-refractivity contribution is 7.09. The maximum absolute atomic E-state index is 11.6. The second kappa shape index (κ2) is 7.01. The van der Waals surface area contributed by atoms with E-state index in [-0.39, 0.29) is 11.9 Å². The Bertz CT molecular complexity index is 411. The van der Waals surface area contributed by atoms with Crippen molar-refractivity contribution >= 4 is 17.3 Å². The van der Waals surface area contributed by atoms with E-state index in [0.29, 0.717) is 12.6 Å². The normalized spacial score (nSPS) is 23.3. The molecule has 2 rings (SSSR count). The van der Waals surface area contributed by atoms with Crippen LogP contribution in [0.3, 0.4) is 0 Å². The molecule has 1 aromatic rings. The Labute approximate surface area is 118 Å². The molecule has 1 aromatic heterocycles. The Hall–Kier alpha value is -0.940. The lowest BCUT2D eigenvalue weighted by Crippen LogP contribution is -2.35. The highest BCUT2D eigenvalue weighted by Gasteiger charge is 2.26. The molecule has 5 heteroatoms. The van der Waals surface area contributed by atoms with E-state index >= 15 is 0 Å². The lowest BCUT2D eigenvalue weighted by Gasteiger charge is -2.27. The van der Waals surface area contributed by atoms with Crippen molar-refractivity contribution in [2.24, 2.45) is 5.92 Å². The van der Waals surface area contributed by atoms with Crippen molar-refractivity contribution in [1.29, 1.82) is 0 Å². The topological polar surface area (TPSA) is 51.2 Å². The summed E-state index contributed by atoms with van der Waals surface area (Å²) in [6.45, 7) is 5.21. The van der Waals surface area contributed by atoms with E-state index in [1.54, 1.807) is 11.3 Å². The fourth-order valence-electron chi connectivity index (χ4n) is 2.51. The molecule has 0 radical (unpaired) electrons. The summed E-state index contributed by atoms with van der Waals surface area (Å²) in [4.78, 5) is 16.1. The van der Waals surface area contributed by atoms with Gasteiger partial charge in [0.05, 0.1) is 12.5 Å². The first-order valence-electron chi connectivity index (χ1n) is 7.00. The minimum atomic E-state index is -0.0171. The molecular formula is C14H22N2O2S. The number of nitrogens with zero attached hydrogens (tertiary/aromatic N) is 1. The van der Waals surface area contributed by atoms with Gasteiger partial charge in [-0.15, -0.1) is 11.3 Å². The summed E-state index contributed by atoms with van der Waals surface area (Å²) >= 11 is 1.70. The average molecular weight is 282 g/mol. The van der Waals surface area contributed by atoms with Gasteiger partial charge in [-0.3, -0.25) is 4.79 Å². The molecule has 1 saturated carbocycles. The van der Waals surface area contributed by atoms with E-state index in [2.05, 4.69) is 15.7 Å². The molecule has 1 fully saturated rings. The molecular weight excluding hydrogens is 260 g/mol. The first kappa shape index (κ1) is 14.5. The third kappa shape index (κ3) is 4.28. The van der Waals surface area contributed by atoms with Crippen LogP contribution >= 0.6 is 11.3 Å². The smallest absolute Gasteiger partial charge is 0.308 e. The van der Waals surface area contributed by atoms with E-state index in [4.69, 9.17) is 4.74 Å². The standard InChI is InChI=1S/C14H22N2O2S/c1-3-18-14(17)11-4-6-12(7-5-11)15-8-13-16-10(2)9-19-13/h9,11-12,15H,3-8H2,1-2H3. The zero-order chi connectivity index (χ0) is 13.7. The van der Waals surface area contributed by atoms with Crippen LogP contribution in [-0.2, 0) is 16.1 Å². The van der Waals surface area contributed by atoms with Gasteiger partial charge in [-0.2, -0.15) is 0 Å². The Balaban J connectivity index is 1.70. The number of esters is 1. The molecule has 106 valence electrons. The maximum atomic E-state index is 11.6. The van der Waals surface area contributed by atoms with Gasteiger partial charge in [0, 0.05) is 23.7 Å². The number of carbonyl (C=O) groups excluding carboxylic acids is 1. The van der Waals surface area contributed by atoms with Crippen LogP contribution in [0.15, 0.2) is 5.38 Å². The van der Waals surface area contributed by atoms with Crippen LogP contribution < -0.4 is 5.32 Å². The first-order valence-corrected chi connectivity index (χ1v) is 7.88. The Morgan fingerprint density at radius 2 is 2.21 bits per heavy atom. The lowest BCUT2D eigenvalue weighted by molar-refractivity contribution is -0.149. The lowest BCUT2D eigenvalue weighted by atomic mass is 9.86. The molecule has 0 saturated heterocycles. The minimum absolute atomic E-state index is 0.0171. The second-order valence-electron chi connectivity index (χ2n) is 5.06. The van der Waals surface area contributed by atoms with Crippen molar-refractivity contribution in [3.05, 3.63) is 16.1 Å². The molecule has 1 heterocycles. The number of carbonyl (C=O) groups is 1. The summed E-state index contributed by atoms with van der Waals surface area (Å²) in [6, 6.07) is 0.509. The second-order valence-corrected chi connectivity index (χ2v) is 6.01. The molecule has 0 bridgehead atoms. The average Bonchev–Trinajstić information content (AvgIpc) is 2.83. The molecule has 19 heavy (non-hydrogen) atoms. The summed E-state index contributed by atoms with van der Waals surface area (Å²) in [6.07, 6.45) is 3.97. The Kier molecular flexibility index (Phi) is 5.34. The SMILES string of the molecule is CCOC(=O)C1CCC(NCc2nc(C)cs2)CC1. The fourth-order valence-corrected chi connectivity index (χ4v) is 3.23. The van der Waals surface area contributed by atoms with Crippen LogP contribution in [0.4, 0.5) is 0 Å². The van der Waals surface area contributed by atoms with Crippen molar-refractivity contribution in [1.82, 2.24) is 10.3 Å². The van der Waals surface area contributed by atoms with Crippen LogP contribution in [0.25, 0.3) is 0 Å². The van der Waals surface area contributed by atoms with Crippen LogP contribution in [0.2, 0.25) is 0 Å². The number of nitrogens with one attached hydrogen (secondary N) is 1. The number of hydrogen-bond acceptors (Lipinski definition) is 5. The van der Waals surface area contributed by atoms with Gasteiger partial charge < -0.3 is 10.1 Å². The number of aromatic nitrogens is 1. The highest BCUT2D eigenvalue weighted by atomic mass is 32.1. The van der Waals surface area contributed by atoms with Gasteiger partial charge in [0.15, 0.2) is 0 Å². The van der Waals surface area contributed by atoms with Gasteiger partial charge in [0.1, 0.15) is 5.01 Å². The largest absolute Gasteiger partial charge is 0.466 e. The number of aryl methyl sites for hydroxylation is 1. The van der Waals surface area contributed by atoms with Gasteiger partial charge in [-0.05, 0) is 39.5 Å². The highest BCUT2D eigenvalue weighted by Crippen LogP contribution is 2.25. The number of hydrogen-bond donors (Lipinski definition) is 1. The zero-order valence-corrected chi connectivity index (χ0v) is 12.5. The van der Waals surface area contributed by atoms with E-state index in [1.165, 1.54) is 0 Å². The third-order valence-corrected chi connectivity index (χ3v) is 4.52. The summed E-state index contributed by atoms with van der Waals surface area (Å²) in [5.74, 6) is 0.0941. The summed E-state index contributed by atoms with van der Waals surface area (Å²) in [7, 11) is 0. The minimum Gasteiger partial charge on any atom is -0.466 e. The third-order valence-electron chi connectivity index (χ3n) is 3.56. The molecule has 0 atom stereocenters. The van der Waals surface area contributed by atoms with Crippen LogP contribution in [0, 0.1) is 12.8 Å². The van der Waals surface area contributed by atoms with Crippen molar-refractivity contribution in [3.8, 4) is 0 Å². The van der Waals surface area contributed by atoms with E-state index in [9.17, 15) is 4.79 Å². The van der Waals surface area contributed by atoms with Crippen molar-refractivity contribution in [3.63, 3.8) is 0 Å². The summed E-state index contributed by atoms with van der Waals surface area (Å²) < 4.78 is 5.08. The molecule has 0 aliphatic heterocycles. The maximum Gasteiger partial charge on any atom is 0.308 e. The van der Waals surface area contributed by atoms with Gasteiger partial charge in [-0.25, -0.2) is 4.98 Å². The first-order chi connectivity index (χ1) is 9.19. The molecule has 0 spiro atoms. The van der Waals surface area contributed by atoms with Crippen LogP contribution in [-0.4, -0.2) is 23.6 Å².